The van der Waals surface area contributed by atoms with E-state index in [-0.39, 0.29) is 6.04 Å². The molecule has 0 fully saturated rings. The van der Waals surface area contributed by atoms with E-state index in [1.54, 1.807) is 18.5 Å². The Balaban J connectivity index is 1.83. The molecule has 1 unspecified atom stereocenters. The molecule has 8 heteroatoms. The maximum atomic E-state index is 12.4. The number of hydrogen-bond acceptors (Lipinski definition) is 7. The molecular weight excluding hydrogens is 386 g/mol. The highest BCUT2D eigenvalue weighted by Gasteiger charge is 2.24. The molecule has 0 saturated heterocycles. The fourth-order valence-electron chi connectivity index (χ4n) is 2.76. The van der Waals surface area contributed by atoms with Gasteiger partial charge in [0.2, 0.25) is 5.95 Å². The summed E-state index contributed by atoms with van der Waals surface area (Å²) in [7, 11) is 0. The lowest BCUT2D eigenvalue weighted by Gasteiger charge is -2.23. The summed E-state index contributed by atoms with van der Waals surface area (Å²) in [6.45, 7) is 7.51. The number of hydrogen-bond donors (Lipinski definition) is 2. The van der Waals surface area contributed by atoms with Crippen molar-refractivity contribution < 1.29 is 9.53 Å². The Morgan fingerprint density at radius 3 is 2.48 bits per heavy atom. The molecule has 3 aromatic rings. The molecule has 0 radical (unpaired) electrons. The van der Waals surface area contributed by atoms with Crippen LogP contribution in [0.4, 0.5) is 15.9 Å². The quantitative estimate of drug-likeness (QED) is 0.606. The van der Waals surface area contributed by atoms with Gasteiger partial charge in [0, 0.05) is 17.3 Å². The minimum Gasteiger partial charge on any atom is -0.444 e. The van der Waals surface area contributed by atoms with Crippen molar-refractivity contribution >= 4 is 28.5 Å². The number of nitrogens with zero attached hydrogens (tertiary/aromatic N) is 3. The smallest absolute Gasteiger partial charge is 0.408 e. The second-order valence-corrected chi connectivity index (χ2v) is 8.75. The third-order valence-electron chi connectivity index (χ3n) is 3.92. The lowest BCUT2D eigenvalue weighted by atomic mass is 10.0. The summed E-state index contributed by atoms with van der Waals surface area (Å²) in [5.41, 5.74) is 1.32. The van der Waals surface area contributed by atoms with Crippen LogP contribution in [-0.2, 0) is 11.2 Å². The average molecular weight is 412 g/mol. The van der Waals surface area contributed by atoms with Gasteiger partial charge in [0.05, 0.1) is 11.7 Å². The van der Waals surface area contributed by atoms with Crippen molar-refractivity contribution in [2.24, 2.45) is 0 Å². The number of aryl methyl sites for hydroxylation is 1. The number of aromatic nitrogens is 3. The maximum Gasteiger partial charge on any atom is 0.408 e. The first kappa shape index (κ1) is 20.7. The van der Waals surface area contributed by atoms with E-state index in [0.717, 1.165) is 16.1 Å². The van der Waals surface area contributed by atoms with E-state index >= 15 is 0 Å². The van der Waals surface area contributed by atoms with Crippen LogP contribution in [0.25, 0.3) is 0 Å². The molecule has 152 valence electrons. The van der Waals surface area contributed by atoms with Crippen molar-refractivity contribution in [1.82, 2.24) is 20.3 Å². The molecule has 1 amide bonds. The number of ether oxygens (including phenoxy) is 1. The number of carbonyl (C=O) groups excluding carboxylic acids is 1. The van der Waals surface area contributed by atoms with Gasteiger partial charge in [-0.2, -0.15) is 0 Å². The van der Waals surface area contributed by atoms with Gasteiger partial charge in [-0.05, 0) is 45.7 Å². The average Bonchev–Trinajstić information content (AvgIpc) is 3.01. The Morgan fingerprint density at radius 2 is 1.83 bits per heavy atom. The summed E-state index contributed by atoms with van der Waals surface area (Å²) < 4.78 is 5.46. The van der Waals surface area contributed by atoms with Gasteiger partial charge in [0.25, 0.3) is 0 Å². The summed E-state index contributed by atoms with van der Waals surface area (Å²) in [5, 5.41) is 6.77. The fraction of sp³-hybridized carbons (Fsp3) is 0.333. The molecule has 1 aromatic carbocycles. The molecule has 0 aliphatic rings. The van der Waals surface area contributed by atoms with E-state index in [0.29, 0.717) is 17.5 Å². The number of alkyl carbamates (subject to hydrolysis) is 1. The number of thiazole rings is 1. The Kier molecular flexibility index (Phi) is 6.43. The molecule has 0 spiro atoms. The zero-order valence-corrected chi connectivity index (χ0v) is 17.8. The summed E-state index contributed by atoms with van der Waals surface area (Å²) in [6, 6.07) is 11.4. The number of amides is 1. The lowest BCUT2D eigenvalue weighted by molar-refractivity contribution is 0.0502. The molecule has 29 heavy (non-hydrogen) atoms. The number of rotatable bonds is 6. The molecule has 3 rings (SSSR count). The summed E-state index contributed by atoms with van der Waals surface area (Å²) in [6.07, 6.45) is 3.47. The molecule has 2 N–H and O–H groups in total. The first-order valence-corrected chi connectivity index (χ1v) is 10.2. The summed E-state index contributed by atoms with van der Waals surface area (Å²) >= 11 is 1.49. The first-order chi connectivity index (χ1) is 13.8. The van der Waals surface area contributed by atoms with Gasteiger partial charge in [0.15, 0.2) is 5.13 Å². The minimum atomic E-state index is -0.574. The molecule has 7 nitrogen and oxygen atoms in total. The first-order valence-electron chi connectivity index (χ1n) is 9.35. The molecule has 0 aliphatic carbocycles. The van der Waals surface area contributed by atoms with Crippen LogP contribution in [0.3, 0.4) is 0 Å². The Morgan fingerprint density at radius 1 is 1.14 bits per heavy atom. The van der Waals surface area contributed by atoms with Gasteiger partial charge in [0.1, 0.15) is 5.60 Å². The van der Waals surface area contributed by atoms with E-state index in [1.807, 2.05) is 58.0 Å². The van der Waals surface area contributed by atoms with Gasteiger partial charge in [-0.15, -0.1) is 11.3 Å². The standard InChI is InChI=1S/C21H25N5O2S/c1-14-17(25-19(29-14)26-18-22-11-8-12-23-18)16(13-15-9-6-5-7-10-15)24-20(27)28-21(2,3)4/h5-12,16H,13H2,1-4H3,(H,24,27)(H,22,23,25,26). The van der Waals surface area contributed by atoms with Crippen LogP contribution in [0.2, 0.25) is 0 Å². The molecule has 0 aliphatic heterocycles. The molecule has 1 atom stereocenters. The number of benzene rings is 1. The minimum absolute atomic E-state index is 0.323. The second-order valence-electron chi connectivity index (χ2n) is 7.55. The van der Waals surface area contributed by atoms with Gasteiger partial charge in [-0.1, -0.05) is 30.3 Å². The van der Waals surface area contributed by atoms with Crippen molar-refractivity contribution in [3.8, 4) is 0 Å². The van der Waals surface area contributed by atoms with Gasteiger partial charge in [-0.3, -0.25) is 0 Å². The Bertz CT molecular complexity index is 939. The monoisotopic (exact) mass is 411 g/mol. The largest absolute Gasteiger partial charge is 0.444 e. The van der Waals surface area contributed by atoms with Crippen LogP contribution in [0.5, 0.6) is 0 Å². The highest BCUT2D eigenvalue weighted by Crippen LogP contribution is 2.30. The molecule has 0 bridgehead atoms. The van der Waals surface area contributed by atoms with Crippen molar-refractivity contribution in [3.63, 3.8) is 0 Å². The Hall–Kier alpha value is -3.00. The van der Waals surface area contributed by atoms with Gasteiger partial charge >= 0.3 is 6.09 Å². The van der Waals surface area contributed by atoms with Crippen LogP contribution >= 0.6 is 11.3 Å². The van der Waals surface area contributed by atoms with E-state index in [4.69, 9.17) is 9.72 Å². The van der Waals surface area contributed by atoms with Gasteiger partial charge in [-0.25, -0.2) is 19.7 Å². The van der Waals surface area contributed by atoms with Crippen LogP contribution in [0.15, 0.2) is 48.8 Å². The normalized spacial score (nSPS) is 12.3. The SMILES string of the molecule is Cc1sc(Nc2ncccn2)nc1C(Cc1ccccc1)NC(=O)OC(C)(C)C. The maximum absolute atomic E-state index is 12.4. The van der Waals surface area contributed by atoms with E-state index in [2.05, 4.69) is 20.6 Å². The third kappa shape index (κ3) is 6.25. The topological polar surface area (TPSA) is 89.0 Å². The summed E-state index contributed by atoms with van der Waals surface area (Å²) in [4.78, 5) is 26.5. The van der Waals surface area contributed by atoms with Crippen LogP contribution in [-0.4, -0.2) is 26.6 Å². The van der Waals surface area contributed by atoms with Crippen molar-refractivity contribution in [1.29, 1.82) is 0 Å². The third-order valence-corrected chi connectivity index (χ3v) is 4.82. The number of nitrogens with one attached hydrogen (secondary N) is 2. The van der Waals surface area contributed by atoms with Crippen LogP contribution in [0.1, 0.15) is 42.9 Å². The predicted octanol–water partition coefficient (Wildman–Crippen LogP) is 4.79. The van der Waals surface area contributed by atoms with E-state index in [9.17, 15) is 4.79 Å². The van der Waals surface area contributed by atoms with E-state index < -0.39 is 11.7 Å². The molecule has 0 saturated carbocycles. The van der Waals surface area contributed by atoms with Crippen molar-refractivity contribution in [2.75, 3.05) is 5.32 Å². The van der Waals surface area contributed by atoms with Crippen molar-refractivity contribution in [2.45, 2.75) is 45.8 Å². The zero-order valence-electron chi connectivity index (χ0n) is 17.0. The molecule has 2 heterocycles. The highest BCUT2D eigenvalue weighted by molar-refractivity contribution is 7.15. The van der Waals surface area contributed by atoms with Crippen molar-refractivity contribution in [3.05, 3.63) is 64.9 Å². The molecule has 2 aromatic heterocycles. The summed E-state index contributed by atoms with van der Waals surface area (Å²) in [5.74, 6) is 0.479. The van der Waals surface area contributed by atoms with E-state index in [1.165, 1.54) is 11.3 Å². The lowest BCUT2D eigenvalue weighted by Crippen LogP contribution is -2.36. The second kappa shape index (κ2) is 9.00. The van der Waals surface area contributed by atoms with Crippen LogP contribution in [0, 0.1) is 6.92 Å². The highest BCUT2D eigenvalue weighted by atomic mass is 32.1. The predicted molar refractivity (Wildman–Crippen MR) is 114 cm³/mol. The zero-order chi connectivity index (χ0) is 20.9. The number of anilines is 2. The molecular formula is C21H25N5O2S. The Labute approximate surface area is 174 Å². The number of carbonyl (C=O) groups is 1. The van der Waals surface area contributed by atoms with Gasteiger partial charge < -0.3 is 15.4 Å². The fourth-order valence-corrected chi connectivity index (χ4v) is 3.63. The van der Waals surface area contributed by atoms with Crippen LogP contribution < -0.4 is 10.6 Å².